The minimum Gasteiger partial charge on any atom is -0.497 e. The lowest BCUT2D eigenvalue weighted by molar-refractivity contribution is 0.414. The smallest absolute Gasteiger partial charge is 0.229 e. The van der Waals surface area contributed by atoms with Crippen LogP contribution in [-0.2, 0) is 6.42 Å². The number of nitrogens with one attached hydrogen (secondary N) is 1. The lowest BCUT2D eigenvalue weighted by Crippen LogP contribution is -2.47. The molecule has 0 radical (unpaired) electrons. The van der Waals surface area contributed by atoms with Crippen molar-refractivity contribution in [3.05, 3.63) is 77.4 Å². The van der Waals surface area contributed by atoms with Gasteiger partial charge in [-0.1, -0.05) is 18.2 Å². The summed E-state index contributed by atoms with van der Waals surface area (Å²) in [5.74, 6) is 3.35. The van der Waals surface area contributed by atoms with E-state index in [0.29, 0.717) is 0 Å². The first-order valence-electron chi connectivity index (χ1n) is 12.3. The molecule has 1 aliphatic rings. The van der Waals surface area contributed by atoms with E-state index in [-0.39, 0.29) is 0 Å². The Morgan fingerprint density at radius 1 is 0.946 bits per heavy atom. The van der Waals surface area contributed by atoms with Crippen LogP contribution < -0.4 is 19.9 Å². The Balaban J connectivity index is 1.25. The zero-order valence-corrected chi connectivity index (χ0v) is 21.4. The average Bonchev–Trinajstić information content (AvgIpc) is 3.64. The minimum absolute atomic E-state index is 0.720. The van der Waals surface area contributed by atoms with Crippen LogP contribution in [0.1, 0.15) is 5.56 Å². The second-order valence-corrected chi connectivity index (χ2v) is 9.61. The summed E-state index contributed by atoms with van der Waals surface area (Å²) in [7, 11) is 1.68. The highest BCUT2D eigenvalue weighted by Crippen LogP contribution is 2.27. The van der Waals surface area contributed by atoms with Gasteiger partial charge in [0.25, 0.3) is 0 Å². The third-order valence-corrected chi connectivity index (χ3v) is 7.24. The number of nitrogens with zero attached hydrogens (tertiary/aromatic N) is 7. The predicted molar refractivity (Wildman–Crippen MR) is 148 cm³/mol. The van der Waals surface area contributed by atoms with Gasteiger partial charge in [0.05, 0.1) is 12.8 Å². The zero-order valence-electron chi connectivity index (χ0n) is 20.6. The van der Waals surface area contributed by atoms with Gasteiger partial charge in [0.15, 0.2) is 17.0 Å². The molecule has 1 aromatic carbocycles. The lowest BCUT2D eigenvalue weighted by atomic mass is 10.1. The van der Waals surface area contributed by atoms with Crippen LogP contribution in [0.25, 0.3) is 16.9 Å². The molecule has 37 heavy (non-hydrogen) atoms. The summed E-state index contributed by atoms with van der Waals surface area (Å²) in [5, 5.41) is 7.70. The van der Waals surface area contributed by atoms with Gasteiger partial charge >= 0.3 is 0 Å². The van der Waals surface area contributed by atoms with Crippen LogP contribution in [0, 0.1) is 0 Å². The zero-order chi connectivity index (χ0) is 25.0. The molecule has 0 bridgehead atoms. The van der Waals surface area contributed by atoms with E-state index in [1.54, 1.807) is 18.4 Å². The second-order valence-electron chi connectivity index (χ2n) is 8.83. The summed E-state index contributed by atoms with van der Waals surface area (Å²) in [5.41, 5.74) is 3.87. The number of anilines is 3. The molecule has 1 saturated heterocycles. The summed E-state index contributed by atoms with van der Waals surface area (Å²) in [6.45, 7) is 4.10. The van der Waals surface area contributed by atoms with Gasteiger partial charge in [-0.2, -0.15) is 21.3 Å². The molecule has 1 N–H and O–H groups in total. The van der Waals surface area contributed by atoms with Gasteiger partial charge in [0, 0.05) is 44.3 Å². The van der Waals surface area contributed by atoms with Crippen molar-refractivity contribution < 1.29 is 4.74 Å². The molecule has 0 unspecified atom stereocenters. The highest BCUT2D eigenvalue weighted by Gasteiger charge is 2.23. The maximum Gasteiger partial charge on any atom is 0.229 e. The second kappa shape index (κ2) is 10.4. The molecule has 0 aliphatic carbocycles. The number of rotatable bonds is 8. The van der Waals surface area contributed by atoms with Crippen molar-refractivity contribution in [1.82, 2.24) is 24.5 Å². The van der Waals surface area contributed by atoms with Crippen LogP contribution in [0.4, 0.5) is 17.6 Å². The van der Waals surface area contributed by atoms with E-state index in [4.69, 9.17) is 14.7 Å². The van der Waals surface area contributed by atoms with Crippen molar-refractivity contribution in [2.24, 2.45) is 0 Å². The summed E-state index contributed by atoms with van der Waals surface area (Å²) in [6.07, 6.45) is 4.53. The summed E-state index contributed by atoms with van der Waals surface area (Å²) in [6, 6.07) is 16.3. The summed E-state index contributed by atoms with van der Waals surface area (Å²) < 4.78 is 7.31. The van der Waals surface area contributed by atoms with Gasteiger partial charge in [0.2, 0.25) is 5.95 Å². The molecule has 1 fully saturated rings. The third kappa shape index (κ3) is 4.92. The first-order valence-corrected chi connectivity index (χ1v) is 13.3. The number of hydrogen-bond acceptors (Lipinski definition) is 9. The fraction of sp³-hybridized carbons (Fsp3) is 0.259. The normalized spacial score (nSPS) is 13.8. The van der Waals surface area contributed by atoms with Gasteiger partial charge in [-0.3, -0.25) is 4.57 Å². The van der Waals surface area contributed by atoms with E-state index in [0.717, 1.165) is 79.3 Å². The Kier molecular flexibility index (Phi) is 6.55. The Labute approximate surface area is 219 Å². The number of aromatic nitrogens is 5. The van der Waals surface area contributed by atoms with E-state index in [1.165, 1.54) is 5.56 Å². The van der Waals surface area contributed by atoms with E-state index in [2.05, 4.69) is 60.1 Å². The van der Waals surface area contributed by atoms with Crippen LogP contribution in [-0.4, -0.2) is 64.3 Å². The fourth-order valence-corrected chi connectivity index (χ4v) is 5.16. The molecule has 5 heterocycles. The van der Waals surface area contributed by atoms with Crippen LogP contribution in [0.3, 0.4) is 0 Å². The number of benzene rings is 1. The molecule has 0 spiro atoms. The van der Waals surface area contributed by atoms with Crippen molar-refractivity contribution in [2.75, 3.05) is 55.0 Å². The van der Waals surface area contributed by atoms with Gasteiger partial charge in [-0.05, 0) is 47.7 Å². The molecule has 0 saturated carbocycles. The number of thiophene rings is 1. The molecule has 6 rings (SSSR count). The highest BCUT2D eigenvalue weighted by molar-refractivity contribution is 7.08. The summed E-state index contributed by atoms with van der Waals surface area (Å²) in [4.78, 5) is 23.7. The Morgan fingerprint density at radius 2 is 1.78 bits per heavy atom. The Bertz CT molecular complexity index is 1450. The molecular formula is C27H28N8OS. The lowest BCUT2D eigenvalue weighted by Gasteiger charge is -2.35. The van der Waals surface area contributed by atoms with E-state index in [9.17, 15) is 0 Å². The standard InChI is InChI=1S/C27H28N8OS/c1-36-22-7-5-20(6-8-22)9-12-29-25-24-26(35(19-30-24)21-10-17-37-18-21)32-27(31-25)34-15-13-33(14-16-34)23-4-2-3-11-28-23/h2-8,10-11,17-19H,9,12-16H2,1H3,(H,29,31,32). The number of ether oxygens (including phenoxy) is 1. The highest BCUT2D eigenvalue weighted by atomic mass is 32.1. The van der Waals surface area contributed by atoms with E-state index < -0.39 is 0 Å². The fourth-order valence-electron chi connectivity index (χ4n) is 4.53. The Hall–Kier alpha value is -4.18. The molecule has 0 atom stereocenters. The van der Waals surface area contributed by atoms with Crippen LogP contribution in [0.2, 0.25) is 0 Å². The number of piperazine rings is 1. The first-order chi connectivity index (χ1) is 18.3. The first kappa shape index (κ1) is 23.2. The molecule has 0 amide bonds. The van der Waals surface area contributed by atoms with E-state index in [1.807, 2.05) is 41.4 Å². The van der Waals surface area contributed by atoms with Crippen LogP contribution in [0.5, 0.6) is 5.75 Å². The molecule has 4 aromatic heterocycles. The van der Waals surface area contributed by atoms with Crippen molar-refractivity contribution in [2.45, 2.75) is 6.42 Å². The van der Waals surface area contributed by atoms with Crippen molar-refractivity contribution >= 4 is 40.1 Å². The number of methoxy groups -OCH3 is 1. The number of pyridine rings is 1. The molecular weight excluding hydrogens is 484 g/mol. The predicted octanol–water partition coefficient (Wildman–Crippen LogP) is 4.26. The molecule has 1 aliphatic heterocycles. The average molecular weight is 513 g/mol. The van der Waals surface area contributed by atoms with E-state index >= 15 is 0 Å². The van der Waals surface area contributed by atoms with Gasteiger partial charge in [0.1, 0.15) is 17.9 Å². The van der Waals surface area contributed by atoms with Crippen molar-refractivity contribution in [3.8, 4) is 11.4 Å². The van der Waals surface area contributed by atoms with Crippen LogP contribution in [0.15, 0.2) is 71.8 Å². The quantitative estimate of drug-likeness (QED) is 0.330. The molecule has 188 valence electrons. The minimum atomic E-state index is 0.720. The van der Waals surface area contributed by atoms with Crippen LogP contribution >= 0.6 is 11.3 Å². The molecule has 9 nitrogen and oxygen atoms in total. The topological polar surface area (TPSA) is 84.2 Å². The monoisotopic (exact) mass is 512 g/mol. The largest absolute Gasteiger partial charge is 0.497 e. The Morgan fingerprint density at radius 3 is 2.51 bits per heavy atom. The number of fused-ring (bicyclic) bond motifs is 1. The van der Waals surface area contributed by atoms with Gasteiger partial charge < -0.3 is 19.9 Å². The van der Waals surface area contributed by atoms with Crippen molar-refractivity contribution in [1.29, 1.82) is 0 Å². The SMILES string of the molecule is COc1ccc(CCNc2nc(N3CCN(c4ccccn4)CC3)nc3c2ncn3-c2ccsc2)cc1. The number of imidazole rings is 1. The maximum atomic E-state index is 5.27. The number of hydrogen-bond donors (Lipinski definition) is 1. The van der Waals surface area contributed by atoms with Crippen molar-refractivity contribution in [3.63, 3.8) is 0 Å². The molecule has 5 aromatic rings. The third-order valence-electron chi connectivity index (χ3n) is 6.57. The van der Waals surface area contributed by atoms with Gasteiger partial charge in [-0.25, -0.2) is 9.97 Å². The maximum absolute atomic E-state index is 5.27. The summed E-state index contributed by atoms with van der Waals surface area (Å²) >= 11 is 1.66. The molecule has 10 heteroatoms. The van der Waals surface area contributed by atoms with Gasteiger partial charge in [-0.15, -0.1) is 0 Å².